The quantitative estimate of drug-likeness (QED) is 0.548. The van der Waals surface area contributed by atoms with Crippen molar-refractivity contribution in [2.45, 2.75) is 26.4 Å². The fourth-order valence-corrected chi connectivity index (χ4v) is 3.69. The summed E-state index contributed by atoms with van der Waals surface area (Å²) in [6, 6.07) is 11.9. The molecule has 0 amide bonds. The second-order valence-corrected chi connectivity index (χ2v) is 7.56. The van der Waals surface area contributed by atoms with Gasteiger partial charge in [-0.25, -0.2) is 4.98 Å². The van der Waals surface area contributed by atoms with Crippen LogP contribution < -0.4 is 18.9 Å². The number of fused-ring (bicyclic) bond motifs is 1. The van der Waals surface area contributed by atoms with Crippen LogP contribution in [0.2, 0.25) is 0 Å². The predicted octanol–water partition coefficient (Wildman–Crippen LogP) is 4.63. The number of aromatic nitrogens is 1. The lowest BCUT2D eigenvalue weighted by atomic mass is 10.1. The lowest BCUT2D eigenvalue weighted by Crippen LogP contribution is -2.23. The molecule has 4 rings (SSSR count). The molecular formula is C24H28N2O5. The molecule has 0 fully saturated rings. The fourth-order valence-electron chi connectivity index (χ4n) is 3.69. The molecule has 0 bridgehead atoms. The number of hydrogen-bond donors (Lipinski definition) is 0. The van der Waals surface area contributed by atoms with Crippen LogP contribution in [-0.4, -0.2) is 44.4 Å². The number of oxazole rings is 1. The number of rotatable bonds is 7. The molecule has 3 aromatic rings. The third-order valence-corrected chi connectivity index (χ3v) is 5.63. The van der Waals surface area contributed by atoms with Gasteiger partial charge < -0.3 is 23.4 Å². The molecule has 2 aromatic carbocycles. The van der Waals surface area contributed by atoms with E-state index in [1.807, 2.05) is 31.2 Å². The van der Waals surface area contributed by atoms with Gasteiger partial charge in [-0.05, 0) is 50.7 Å². The van der Waals surface area contributed by atoms with E-state index in [0.717, 1.165) is 34.1 Å². The Labute approximate surface area is 182 Å². The zero-order valence-electron chi connectivity index (χ0n) is 18.6. The average molecular weight is 424 g/mol. The van der Waals surface area contributed by atoms with E-state index in [4.69, 9.17) is 28.3 Å². The minimum absolute atomic E-state index is 0.154. The summed E-state index contributed by atoms with van der Waals surface area (Å²) in [4.78, 5) is 6.99. The molecule has 7 heteroatoms. The Morgan fingerprint density at radius 1 is 1.06 bits per heavy atom. The van der Waals surface area contributed by atoms with E-state index in [0.29, 0.717) is 37.1 Å². The van der Waals surface area contributed by atoms with Crippen molar-refractivity contribution in [3.05, 3.63) is 53.4 Å². The van der Waals surface area contributed by atoms with Crippen LogP contribution in [-0.2, 0) is 6.54 Å². The molecule has 31 heavy (non-hydrogen) atoms. The molecular weight excluding hydrogens is 396 g/mol. The van der Waals surface area contributed by atoms with E-state index in [2.05, 4.69) is 31.0 Å². The smallest absolute Gasteiger partial charge is 0.230 e. The largest absolute Gasteiger partial charge is 0.493 e. The van der Waals surface area contributed by atoms with E-state index in [-0.39, 0.29) is 6.04 Å². The Morgan fingerprint density at radius 3 is 2.58 bits per heavy atom. The summed E-state index contributed by atoms with van der Waals surface area (Å²) in [6.07, 6.45) is 0. The second-order valence-electron chi connectivity index (χ2n) is 7.56. The Bertz CT molecular complexity index is 1060. The van der Waals surface area contributed by atoms with Crippen molar-refractivity contribution < 1.29 is 23.4 Å². The van der Waals surface area contributed by atoms with Crippen molar-refractivity contribution in [3.63, 3.8) is 0 Å². The number of nitrogens with zero attached hydrogens (tertiary/aromatic N) is 2. The van der Waals surface area contributed by atoms with Crippen LogP contribution in [0.5, 0.6) is 23.0 Å². The molecule has 0 spiro atoms. The van der Waals surface area contributed by atoms with Crippen LogP contribution >= 0.6 is 0 Å². The molecule has 164 valence electrons. The molecule has 1 atom stereocenters. The summed E-state index contributed by atoms with van der Waals surface area (Å²) in [5, 5.41) is 0. The highest BCUT2D eigenvalue weighted by Crippen LogP contribution is 2.38. The summed E-state index contributed by atoms with van der Waals surface area (Å²) in [5.74, 6) is 4.14. The van der Waals surface area contributed by atoms with Gasteiger partial charge in [0.05, 0.1) is 25.5 Å². The third kappa shape index (κ3) is 4.18. The van der Waals surface area contributed by atoms with Gasteiger partial charge in [0.2, 0.25) is 5.89 Å². The van der Waals surface area contributed by atoms with Gasteiger partial charge in [-0.15, -0.1) is 0 Å². The Hall–Kier alpha value is -3.19. The van der Waals surface area contributed by atoms with Crippen LogP contribution in [0, 0.1) is 6.92 Å². The summed E-state index contributed by atoms with van der Waals surface area (Å²) in [5.41, 5.74) is 2.80. The third-order valence-electron chi connectivity index (χ3n) is 5.63. The number of hydrogen-bond acceptors (Lipinski definition) is 7. The number of methoxy groups -OCH3 is 2. The van der Waals surface area contributed by atoms with Gasteiger partial charge >= 0.3 is 0 Å². The zero-order chi connectivity index (χ0) is 22.0. The van der Waals surface area contributed by atoms with Crippen LogP contribution in [0.15, 0.2) is 40.8 Å². The monoisotopic (exact) mass is 424 g/mol. The van der Waals surface area contributed by atoms with Gasteiger partial charge in [0.1, 0.15) is 19.0 Å². The lowest BCUT2D eigenvalue weighted by Gasteiger charge is -2.26. The maximum absolute atomic E-state index is 5.99. The van der Waals surface area contributed by atoms with E-state index >= 15 is 0 Å². The minimum Gasteiger partial charge on any atom is -0.493 e. The van der Waals surface area contributed by atoms with E-state index < -0.39 is 0 Å². The SMILES string of the molecule is COc1cccc(-c2nc(CN(C)[C@@H](C)c3ccc4c(c3)OCCO4)c(C)o2)c1OC. The maximum atomic E-state index is 5.99. The molecule has 0 N–H and O–H groups in total. The summed E-state index contributed by atoms with van der Waals surface area (Å²) in [7, 11) is 5.30. The molecule has 0 radical (unpaired) electrons. The number of aryl methyl sites for hydroxylation is 1. The maximum Gasteiger partial charge on any atom is 0.230 e. The molecule has 1 aromatic heterocycles. The van der Waals surface area contributed by atoms with Gasteiger partial charge in [-0.3, -0.25) is 4.90 Å². The van der Waals surface area contributed by atoms with Crippen molar-refractivity contribution in [1.29, 1.82) is 0 Å². The summed E-state index contributed by atoms with van der Waals surface area (Å²) >= 11 is 0. The van der Waals surface area contributed by atoms with Gasteiger partial charge in [0.25, 0.3) is 0 Å². The number of benzene rings is 2. The van der Waals surface area contributed by atoms with Crippen molar-refractivity contribution >= 4 is 0 Å². The van der Waals surface area contributed by atoms with Crippen molar-refractivity contribution in [2.75, 3.05) is 34.5 Å². The normalized spacial score (nSPS) is 13.9. The van der Waals surface area contributed by atoms with Crippen molar-refractivity contribution in [3.8, 4) is 34.5 Å². The first-order chi connectivity index (χ1) is 15.0. The van der Waals surface area contributed by atoms with Crippen molar-refractivity contribution in [1.82, 2.24) is 9.88 Å². The highest BCUT2D eigenvalue weighted by Gasteiger charge is 2.22. The zero-order valence-corrected chi connectivity index (χ0v) is 18.6. The topological polar surface area (TPSA) is 66.2 Å². The van der Waals surface area contributed by atoms with Gasteiger partial charge in [-0.1, -0.05) is 12.1 Å². The average Bonchev–Trinajstić information content (AvgIpc) is 3.17. The van der Waals surface area contributed by atoms with E-state index in [9.17, 15) is 0 Å². The predicted molar refractivity (Wildman–Crippen MR) is 117 cm³/mol. The van der Waals surface area contributed by atoms with Crippen LogP contribution in [0.4, 0.5) is 0 Å². The lowest BCUT2D eigenvalue weighted by molar-refractivity contribution is 0.170. The Morgan fingerprint density at radius 2 is 1.84 bits per heavy atom. The molecule has 2 heterocycles. The molecule has 0 saturated heterocycles. The van der Waals surface area contributed by atoms with Gasteiger partial charge in [0.15, 0.2) is 23.0 Å². The van der Waals surface area contributed by atoms with Gasteiger partial charge in [0, 0.05) is 12.6 Å². The van der Waals surface area contributed by atoms with Crippen LogP contribution in [0.1, 0.15) is 30.0 Å². The fraction of sp³-hybridized carbons (Fsp3) is 0.375. The number of ether oxygens (including phenoxy) is 4. The molecule has 0 unspecified atom stereocenters. The molecule has 7 nitrogen and oxygen atoms in total. The molecule has 0 saturated carbocycles. The summed E-state index contributed by atoms with van der Waals surface area (Å²) in [6.45, 7) is 5.90. The standard InChI is InChI=1S/C24H28N2O5/c1-15(17-9-10-20-22(13-17)30-12-11-29-20)26(3)14-19-16(2)31-24(25-19)18-7-6-8-21(27-4)23(18)28-5/h6-10,13,15H,11-12,14H2,1-5H3/t15-/m0/s1. The van der Waals surface area contributed by atoms with E-state index in [1.54, 1.807) is 14.2 Å². The van der Waals surface area contributed by atoms with Crippen LogP contribution in [0.3, 0.4) is 0 Å². The minimum atomic E-state index is 0.154. The van der Waals surface area contributed by atoms with Crippen LogP contribution in [0.25, 0.3) is 11.5 Å². The first-order valence-corrected chi connectivity index (χ1v) is 10.3. The first-order valence-electron chi connectivity index (χ1n) is 10.3. The van der Waals surface area contributed by atoms with Crippen molar-refractivity contribution in [2.24, 2.45) is 0 Å². The van der Waals surface area contributed by atoms with E-state index in [1.165, 1.54) is 0 Å². The molecule has 1 aliphatic heterocycles. The highest BCUT2D eigenvalue weighted by atomic mass is 16.6. The van der Waals surface area contributed by atoms with Gasteiger partial charge in [-0.2, -0.15) is 0 Å². The molecule has 1 aliphatic rings. The number of para-hydroxylation sites is 1. The Kier molecular flexibility index (Phi) is 6.04. The Balaban J connectivity index is 1.55. The summed E-state index contributed by atoms with van der Waals surface area (Å²) < 4.78 is 28.3. The first kappa shape index (κ1) is 21.1. The molecule has 0 aliphatic carbocycles. The second kappa shape index (κ2) is 8.89. The highest BCUT2D eigenvalue weighted by molar-refractivity contribution is 5.68.